The van der Waals surface area contributed by atoms with Gasteiger partial charge in [-0.3, -0.25) is 4.79 Å². The quantitative estimate of drug-likeness (QED) is 0.776. The number of nitrogens with one attached hydrogen (secondary N) is 1. The molecule has 0 aromatic heterocycles. The lowest BCUT2D eigenvalue weighted by molar-refractivity contribution is -0.117. The highest BCUT2D eigenvalue weighted by atomic mass is 16.5. The smallest absolute Gasteiger partial charge is 0.221 e. The van der Waals surface area contributed by atoms with Gasteiger partial charge in [-0.25, -0.2) is 0 Å². The molecule has 0 atom stereocenters. The summed E-state index contributed by atoms with van der Waals surface area (Å²) in [5.74, 6) is 1.64. The van der Waals surface area contributed by atoms with Crippen molar-refractivity contribution in [2.24, 2.45) is 5.73 Å². The summed E-state index contributed by atoms with van der Waals surface area (Å²) in [4.78, 5) is 10.9. The molecule has 0 aliphatic carbocycles. The van der Waals surface area contributed by atoms with Gasteiger partial charge in [-0.1, -0.05) is 12.1 Å². The van der Waals surface area contributed by atoms with Crippen LogP contribution in [0.5, 0.6) is 17.2 Å². The molecule has 2 rings (SSSR count). The number of nitrogens with two attached hydrogens (primary N) is 1. The van der Waals surface area contributed by atoms with Crippen molar-refractivity contribution >= 4 is 11.6 Å². The van der Waals surface area contributed by atoms with Crippen molar-refractivity contribution in [3.8, 4) is 17.2 Å². The van der Waals surface area contributed by atoms with E-state index in [1.165, 1.54) is 0 Å². The van der Waals surface area contributed by atoms with Gasteiger partial charge in [-0.15, -0.1) is 0 Å². The van der Waals surface area contributed by atoms with Gasteiger partial charge in [-0.05, 0) is 23.8 Å². The van der Waals surface area contributed by atoms with Crippen LogP contribution in [0, 0.1) is 0 Å². The Morgan fingerprint density at radius 2 is 1.54 bits per heavy atom. The Bertz CT molecular complexity index is 699. The zero-order valence-electron chi connectivity index (χ0n) is 14.1. The summed E-state index contributed by atoms with van der Waals surface area (Å²) in [5, 5.41) is 3.31. The number of carbonyl (C=O) groups excluding carboxylic acids is 1. The van der Waals surface area contributed by atoms with E-state index < -0.39 is 0 Å². The summed E-state index contributed by atoms with van der Waals surface area (Å²) in [6.07, 6.45) is 0.240. The fourth-order valence-corrected chi connectivity index (χ4v) is 2.37. The molecule has 0 aliphatic rings. The second-order valence-corrected chi connectivity index (χ2v) is 5.21. The fourth-order valence-electron chi connectivity index (χ4n) is 2.37. The predicted molar refractivity (Wildman–Crippen MR) is 92.8 cm³/mol. The van der Waals surface area contributed by atoms with Crippen LogP contribution in [0.4, 0.5) is 5.69 Å². The topological polar surface area (TPSA) is 82.8 Å². The van der Waals surface area contributed by atoms with Crippen LogP contribution < -0.4 is 25.3 Å². The molecule has 0 spiro atoms. The Morgan fingerprint density at radius 3 is 2.08 bits per heavy atom. The molecule has 0 bridgehead atoms. The van der Waals surface area contributed by atoms with Crippen molar-refractivity contribution in [2.45, 2.75) is 13.0 Å². The number of anilines is 1. The zero-order chi connectivity index (χ0) is 17.5. The number of ether oxygens (including phenoxy) is 3. The molecule has 6 nitrogen and oxygen atoms in total. The molecule has 0 saturated heterocycles. The minimum Gasteiger partial charge on any atom is -0.496 e. The van der Waals surface area contributed by atoms with Gasteiger partial charge in [0, 0.05) is 23.9 Å². The molecule has 3 N–H and O–H groups in total. The Labute approximate surface area is 141 Å². The summed E-state index contributed by atoms with van der Waals surface area (Å²) in [7, 11) is 4.80. The normalized spacial score (nSPS) is 10.1. The van der Waals surface area contributed by atoms with E-state index >= 15 is 0 Å². The average molecular weight is 330 g/mol. The molecule has 0 aliphatic heterocycles. The summed E-state index contributed by atoms with van der Waals surface area (Å²) in [5.41, 5.74) is 7.95. The van der Waals surface area contributed by atoms with Gasteiger partial charge in [0.25, 0.3) is 0 Å². The monoisotopic (exact) mass is 330 g/mol. The van der Waals surface area contributed by atoms with Gasteiger partial charge in [0.05, 0.1) is 27.8 Å². The molecule has 2 aromatic carbocycles. The van der Waals surface area contributed by atoms with Crippen molar-refractivity contribution in [3.05, 3.63) is 47.5 Å². The molecule has 1 amide bonds. The van der Waals surface area contributed by atoms with E-state index in [4.69, 9.17) is 19.9 Å². The highest BCUT2D eigenvalue weighted by Gasteiger charge is 2.11. The Balaban J connectivity index is 2.12. The van der Waals surface area contributed by atoms with Gasteiger partial charge in [0.2, 0.25) is 5.91 Å². The second-order valence-electron chi connectivity index (χ2n) is 5.21. The third-order valence-corrected chi connectivity index (χ3v) is 3.60. The minimum absolute atomic E-state index is 0.240. The Kier molecular flexibility index (Phi) is 5.89. The van der Waals surface area contributed by atoms with Crippen LogP contribution in [-0.4, -0.2) is 27.2 Å². The van der Waals surface area contributed by atoms with Gasteiger partial charge in [-0.2, -0.15) is 0 Å². The number of rotatable bonds is 8. The number of primary amides is 1. The first-order valence-electron chi connectivity index (χ1n) is 7.47. The van der Waals surface area contributed by atoms with Crippen LogP contribution in [0.1, 0.15) is 11.1 Å². The molecule has 24 heavy (non-hydrogen) atoms. The van der Waals surface area contributed by atoms with E-state index in [1.807, 2.05) is 30.3 Å². The van der Waals surface area contributed by atoms with Crippen LogP contribution in [0.25, 0.3) is 0 Å². The molecule has 0 saturated carbocycles. The molecular weight excluding hydrogens is 308 g/mol. The van der Waals surface area contributed by atoms with Crippen LogP contribution in [0.15, 0.2) is 36.4 Å². The molecule has 0 heterocycles. The maximum absolute atomic E-state index is 10.9. The van der Waals surface area contributed by atoms with Crippen molar-refractivity contribution < 1.29 is 19.0 Å². The molecule has 6 heteroatoms. The third kappa shape index (κ3) is 4.32. The lowest BCUT2D eigenvalue weighted by Crippen LogP contribution is -2.13. The first-order chi connectivity index (χ1) is 11.6. The lowest BCUT2D eigenvalue weighted by Gasteiger charge is -2.15. The zero-order valence-corrected chi connectivity index (χ0v) is 14.1. The summed E-state index contributed by atoms with van der Waals surface area (Å²) < 4.78 is 16.0. The SMILES string of the molecule is COc1cc(OC)c(OC)cc1CNc1ccc(CC(N)=O)cc1. The van der Waals surface area contributed by atoms with Crippen LogP contribution in [0.3, 0.4) is 0 Å². The average Bonchev–Trinajstić information content (AvgIpc) is 2.59. The fraction of sp³-hybridized carbons (Fsp3) is 0.278. The number of hydrogen-bond donors (Lipinski definition) is 2. The van der Waals surface area contributed by atoms with Crippen molar-refractivity contribution in [2.75, 3.05) is 26.6 Å². The maximum atomic E-state index is 10.9. The van der Waals surface area contributed by atoms with Crippen molar-refractivity contribution in [3.63, 3.8) is 0 Å². The van der Waals surface area contributed by atoms with Crippen LogP contribution in [0.2, 0.25) is 0 Å². The lowest BCUT2D eigenvalue weighted by atomic mass is 10.1. The van der Waals surface area contributed by atoms with E-state index in [-0.39, 0.29) is 12.3 Å². The number of benzene rings is 2. The van der Waals surface area contributed by atoms with Crippen molar-refractivity contribution in [1.29, 1.82) is 0 Å². The molecule has 2 aromatic rings. The van der Waals surface area contributed by atoms with E-state index in [0.29, 0.717) is 23.8 Å². The Hall–Kier alpha value is -2.89. The van der Waals surface area contributed by atoms with Crippen LogP contribution >= 0.6 is 0 Å². The van der Waals surface area contributed by atoms with E-state index in [9.17, 15) is 4.79 Å². The van der Waals surface area contributed by atoms with E-state index in [1.54, 1.807) is 27.4 Å². The molecule has 0 unspecified atom stereocenters. The summed E-state index contributed by atoms with van der Waals surface area (Å²) in [6.45, 7) is 0.554. The second kappa shape index (κ2) is 8.10. The Morgan fingerprint density at radius 1 is 0.958 bits per heavy atom. The highest BCUT2D eigenvalue weighted by Crippen LogP contribution is 2.34. The molecule has 128 valence electrons. The first-order valence-corrected chi connectivity index (χ1v) is 7.47. The number of hydrogen-bond acceptors (Lipinski definition) is 5. The minimum atomic E-state index is -0.342. The van der Waals surface area contributed by atoms with Gasteiger partial charge >= 0.3 is 0 Å². The van der Waals surface area contributed by atoms with Gasteiger partial charge < -0.3 is 25.3 Å². The number of methoxy groups -OCH3 is 3. The number of carbonyl (C=O) groups is 1. The largest absolute Gasteiger partial charge is 0.496 e. The van der Waals surface area contributed by atoms with Gasteiger partial charge in [0.1, 0.15) is 5.75 Å². The van der Waals surface area contributed by atoms with Gasteiger partial charge in [0.15, 0.2) is 11.5 Å². The maximum Gasteiger partial charge on any atom is 0.221 e. The predicted octanol–water partition coefficient (Wildman–Crippen LogP) is 2.35. The molecule has 0 radical (unpaired) electrons. The molecule has 0 fully saturated rings. The molecular formula is C18H22N2O4. The van der Waals surface area contributed by atoms with Crippen LogP contribution in [-0.2, 0) is 17.8 Å². The third-order valence-electron chi connectivity index (χ3n) is 3.60. The van der Waals surface area contributed by atoms with E-state index in [0.717, 1.165) is 16.8 Å². The number of amides is 1. The van der Waals surface area contributed by atoms with E-state index in [2.05, 4.69) is 5.32 Å². The summed E-state index contributed by atoms with van der Waals surface area (Å²) in [6, 6.07) is 11.2. The first kappa shape index (κ1) is 17.5. The standard InChI is InChI=1S/C18H22N2O4/c1-22-15-10-17(24-3)16(23-2)9-13(15)11-20-14-6-4-12(5-7-14)8-18(19)21/h4-7,9-10,20H,8,11H2,1-3H3,(H2,19,21). The highest BCUT2D eigenvalue weighted by molar-refractivity contribution is 5.76. The summed E-state index contributed by atoms with van der Waals surface area (Å²) >= 11 is 0. The van der Waals surface area contributed by atoms with Crippen molar-refractivity contribution in [1.82, 2.24) is 0 Å².